The standard InChI is InChI=1S/C26H23N7O6S2/c1-16-13-18(27)3-10-23(16)31-30-20-6-11-24(17(2)14-20)32-33-25-12-7-21(15-26(25)41(37,38)39)29-28-19-4-8-22(9-5-19)40(34,35)36/h3-15H,27H2,1-2H3,(H,34,35,36)(H,37,38,39). The lowest BCUT2D eigenvalue weighted by Crippen LogP contribution is -1.98. The van der Waals surface area contributed by atoms with Crippen molar-refractivity contribution in [2.75, 3.05) is 5.73 Å². The first-order valence-electron chi connectivity index (χ1n) is 11.7. The second kappa shape index (κ2) is 11.8. The van der Waals surface area contributed by atoms with E-state index in [4.69, 9.17) is 10.3 Å². The molecule has 0 aromatic heterocycles. The molecule has 4 aromatic carbocycles. The number of benzene rings is 4. The fourth-order valence-corrected chi connectivity index (χ4v) is 4.60. The summed E-state index contributed by atoms with van der Waals surface area (Å²) in [4.78, 5) is -0.858. The third-order valence-electron chi connectivity index (χ3n) is 5.58. The number of nitrogens with two attached hydrogens (primary N) is 1. The molecule has 41 heavy (non-hydrogen) atoms. The first-order chi connectivity index (χ1) is 19.3. The topological polar surface area (TPSA) is 209 Å². The van der Waals surface area contributed by atoms with Gasteiger partial charge in [-0.2, -0.15) is 42.4 Å². The molecule has 15 heteroatoms. The molecule has 4 N–H and O–H groups in total. The minimum absolute atomic E-state index is 0.0673. The van der Waals surface area contributed by atoms with Crippen LogP contribution >= 0.6 is 0 Å². The van der Waals surface area contributed by atoms with E-state index in [1.807, 2.05) is 6.92 Å². The molecule has 0 atom stereocenters. The summed E-state index contributed by atoms with van der Waals surface area (Å²) in [5, 5.41) is 24.4. The quantitative estimate of drug-likeness (QED) is 0.105. The van der Waals surface area contributed by atoms with E-state index in [-0.39, 0.29) is 22.0 Å². The third kappa shape index (κ3) is 7.70. The number of rotatable bonds is 8. The predicted octanol–water partition coefficient (Wildman–Crippen LogP) is 7.63. The molecule has 0 saturated heterocycles. The number of nitrogens with zero attached hydrogens (tertiary/aromatic N) is 6. The average Bonchev–Trinajstić information content (AvgIpc) is 2.90. The van der Waals surface area contributed by atoms with Gasteiger partial charge in [0.15, 0.2) is 0 Å². The number of nitrogen functional groups attached to an aromatic ring is 1. The van der Waals surface area contributed by atoms with E-state index >= 15 is 0 Å². The summed E-state index contributed by atoms with van der Waals surface area (Å²) in [5.41, 5.74) is 9.82. The van der Waals surface area contributed by atoms with Crippen molar-refractivity contribution >= 4 is 60.0 Å². The zero-order chi connectivity index (χ0) is 29.8. The van der Waals surface area contributed by atoms with Crippen LogP contribution in [0.2, 0.25) is 0 Å². The summed E-state index contributed by atoms with van der Waals surface area (Å²) in [7, 11) is -9.07. The van der Waals surface area contributed by atoms with Crippen molar-refractivity contribution in [1.29, 1.82) is 0 Å². The van der Waals surface area contributed by atoms with Gasteiger partial charge in [-0.25, -0.2) is 0 Å². The summed E-state index contributed by atoms with van der Waals surface area (Å²) in [6.45, 7) is 3.65. The van der Waals surface area contributed by atoms with Gasteiger partial charge < -0.3 is 5.73 Å². The lowest BCUT2D eigenvalue weighted by molar-refractivity contribution is 0.481. The van der Waals surface area contributed by atoms with E-state index in [9.17, 15) is 21.4 Å². The van der Waals surface area contributed by atoms with Crippen LogP contribution < -0.4 is 5.73 Å². The summed E-state index contributed by atoms with van der Waals surface area (Å²) < 4.78 is 65.2. The van der Waals surface area contributed by atoms with Gasteiger partial charge >= 0.3 is 0 Å². The minimum atomic E-state index is -4.71. The smallest absolute Gasteiger partial charge is 0.296 e. The lowest BCUT2D eigenvalue weighted by Gasteiger charge is -2.04. The Morgan fingerprint density at radius 3 is 1.59 bits per heavy atom. The Labute approximate surface area is 235 Å². The molecule has 0 aliphatic rings. The van der Waals surface area contributed by atoms with Gasteiger partial charge in [0.05, 0.1) is 33.3 Å². The van der Waals surface area contributed by atoms with Crippen molar-refractivity contribution in [2.45, 2.75) is 23.6 Å². The van der Waals surface area contributed by atoms with Crippen LogP contribution in [0.15, 0.2) is 119 Å². The van der Waals surface area contributed by atoms with E-state index < -0.39 is 25.1 Å². The number of hydrogen-bond donors (Lipinski definition) is 3. The maximum atomic E-state index is 12.0. The maximum absolute atomic E-state index is 12.0. The molecule has 13 nitrogen and oxygen atoms in total. The summed E-state index contributed by atoms with van der Waals surface area (Å²) in [5.74, 6) is 0. The Hall–Kier alpha value is -4.70. The second-order valence-corrected chi connectivity index (χ2v) is 11.5. The highest BCUT2D eigenvalue weighted by Crippen LogP contribution is 2.33. The largest absolute Gasteiger partial charge is 0.399 e. The number of hydrogen-bond acceptors (Lipinski definition) is 11. The molecule has 0 unspecified atom stereocenters. The molecule has 0 saturated carbocycles. The maximum Gasteiger partial charge on any atom is 0.296 e. The summed E-state index contributed by atoms with van der Waals surface area (Å²) >= 11 is 0. The highest BCUT2D eigenvalue weighted by molar-refractivity contribution is 7.86. The van der Waals surface area contributed by atoms with Crippen LogP contribution in [0.1, 0.15) is 11.1 Å². The molecular formula is C26H23N7O6S2. The molecule has 4 rings (SSSR count). The fourth-order valence-electron chi connectivity index (χ4n) is 3.48. The third-order valence-corrected chi connectivity index (χ3v) is 7.33. The molecule has 0 aliphatic heterocycles. The fraction of sp³-hybridized carbons (Fsp3) is 0.0769. The van der Waals surface area contributed by atoms with Gasteiger partial charge in [0.1, 0.15) is 10.6 Å². The van der Waals surface area contributed by atoms with Gasteiger partial charge in [-0.05, 0) is 104 Å². The van der Waals surface area contributed by atoms with Crippen LogP contribution in [-0.2, 0) is 20.2 Å². The molecule has 4 aromatic rings. The Morgan fingerprint density at radius 1 is 0.537 bits per heavy atom. The SMILES string of the molecule is Cc1cc(N)ccc1N=Nc1ccc(N=Nc2ccc(N=Nc3ccc(S(=O)(=O)O)cc3)cc2S(=O)(=O)O)c(C)c1. The molecule has 0 spiro atoms. The molecule has 0 fully saturated rings. The predicted molar refractivity (Wildman–Crippen MR) is 152 cm³/mol. The molecular weight excluding hydrogens is 570 g/mol. The molecule has 0 radical (unpaired) electrons. The second-order valence-electron chi connectivity index (χ2n) is 8.71. The highest BCUT2D eigenvalue weighted by atomic mass is 32.2. The lowest BCUT2D eigenvalue weighted by atomic mass is 10.2. The van der Waals surface area contributed by atoms with Gasteiger partial charge in [-0.1, -0.05) is 0 Å². The minimum Gasteiger partial charge on any atom is -0.399 e. The number of aryl methyl sites for hydroxylation is 2. The van der Waals surface area contributed by atoms with E-state index in [1.54, 1.807) is 43.3 Å². The van der Waals surface area contributed by atoms with Gasteiger partial charge in [0.2, 0.25) is 0 Å². The van der Waals surface area contributed by atoms with Crippen LogP contribution in [-0.4, -0.2) is 25.9 Å². The van der Waals surface area contributed by atoms with Crippen LogP contribution in [0, 0.1) is 13.8 Å². The van der Waals surface area contributed by atoms with Crippen molar-refractivity contribution in [3.63, 3.8) is 0 Å². The Morgan fingerprint density at radius 2 is 1.00 bits per heavy atom. The first-order valence-corrected chi connectivity index (χ1v) is 14.6. The van der Waals surface area contributed by atoms with Crippen molar-refractivity contribution in [1.82, 2.24) is 0 Å². The molecule has 0 heterocycles. The van der Waals surface area contributed by atoms with Crippen molar-refractivity contribution < 1.29 is 25.9 Å². The number of anilines is 1. The van der Waals surface area contributed by atoms with Crippen molar-refractivity contribution in [3.8, 4) is 0 Å². The van der Waals surface area contributed by atoms with Crippen molar-refractivity contribution in [3.05, 3.63) is 90.0 Å². The molecule has 0 amide bonds. The Kier molecular flexibility index (Phi) is 8.44. The molecule has 210 valence electrons. The van der Waals surface area contributed by atoms with Crippen LogP contribution in [0.5, 0.6) is 0 Å². The van der Waals surface area contributed by atoms with Crippen molar-refractivity contribution in [2.24, 2.45) is 30.7 Å². The summed E-state index contributed by atoms with van der Waals surface area (Å²) in [6.07, 6.45) is 0. The van der Waals surface area contributed by atoms with Gasteiger partial charge in [0.25, 0.3) is 20.2 Å². The van der Waals surface area contributed by atoms with Crippen LogP contribution in [0.4, 0.5) is 39.8 Å². The number of azo groups is 3. The Bertz CT molecular complexity index is 1920. The van der Waals surface area contributed by atoms with E-state index in [0.29, 0.717) is 28.3 Å². The Balaban J connectivity index is 1.55. The zero-order valence-electron chi connectivity index (χ0n) is 21.6. The first kappa shape index (κ1) is 29.3. The monoisotopic (exact) mass is 593 g/mol. The van der Waals surface area contributed by atoms with E-state index in [1.165, 1.54) is 24.3 Å². The highest BCUT2D eigenvalue weighted by Gasteiger charge is 2.17. The molecule has 0 bridgehead atoms. The molecule has 0 aliphatic carbocycles. The van der Waals surface area contributed by atoms with Crippen LogP contribution in [0.25, 0.3) is 0 Å². The van der Waals surface area contributed by atoms with Crippen LogP contribution in [0.3, 0.4) is 0 Å². The van der Waals surface area contributed by atoms with Gasteiger partial charge in [-0.15, -0.1) is 5.11 Å². The zero-order valence-corrected chi connectivity index (χ0v) is 23.2. The van der Waals surface area contributed by atoms with E-state index in [2.05, 4.69) is 30.7 Å². The van der Waals surface area contributed by atoms with Gasteiger partial charge in [-0.3, -0.25) is 9.11 Å². The average molecular weight is 594 g/mol. The normalized spacial score (nSPS) is 12.6. The summed E-state index contributed by atoms with van der Waals surface area (Å²) in [6, 6.07) is 19.0. The van der Waals surface area contributed by atoms with Gasteiger partial charge in [0, 0.05) is 5.69 Å². The van der Waals surface area contributed by atoms with E-state index in [0.717, 1.165) is 23.8 Å².